The van der Waals surface area contributed by atoms with Crippen molar-refractivity contribution < 1.29 is 76.6 Å². The summed E-state index contributed by atoms with van der Waals surface area (Å²) in [6.07, 6.45) is 1.08. The van der Waals surface area contributed by atoms with Crippen LogP contribution in [0.3, 0.4) is 0 Å². The highest BCUT2D eigenvalue weighted by Crippen LogP contribution is 2.32. The lowest BCUT2D eigenvalue weighted by Crippen LogP contribution is -2.29. The minimum atomic E-state index is -1.12. The topological polar surface area (TPSA) is 270 Å². The SMILES string of the molecule is CC(C)(C)OC(=O)Nc1ccc(C(=O)NCC(=O)O)cc1.COc1cc(/C=C2/N=C(c3ccc(NC(=O)OC(C)(C)C)cc3)OC2=O)ccc1OC(=O)c1cccs1.COc1cc(C=O)ccc1OC(=O)c1cccs1.I.II. The van der Waals surface area contributed by atoms with E-state index in [2.05, 4.69) is 58.2 Å². The van der Waals surface area contributed by atoms with Gasteiger partial charge >= 0.3 is 36.1 Å². The Kier molecular flexibility index (Phi) is 27.0. The van der Waals surface area contributed by atoms with E-state index in [1.165, 1.54) is 73.3 Å². The fourth-order valence-corrected chi connectivity index (χ4v) is 7.18. The van der Waals surface area contributed by atoms with Crippen LogP contribution in [-0.2, 0) is 23.8 Å². The molecule has 0 fully saturated rings. The zero-order valence-corrected chi connectivity index (χ0v) is 51.7. The van der Waals surface area contributed by atoms with Gasteiger partial charge in [-0.25, -0.2) is 29.0 Å². The van der Waals surface area contributed by atoms with Crippen LogP contribution in [0.1, 0.15) is 92.7 Å². The summed E-state index contributed by atoms with van der Waals surface area (Å²) in [4.78, 5) is 97.8. The predicted octanol–water partition coefficient (Wildman–Crippen LogP) is 12.7. The average Bonchev–Trinajstić information content (AvgIpc) is 4.22. The number of cyclic esters (lactones) is 1. The maximum absolute atomic E-state index is 12.4. The Morgan fingerprint density at radius 1 is 0.658 bits per heavy atom. The van der Waals surface area contributed by atoms with Crippen molar-refractivity contribution >= 4 is 155 Å². The second kappa shape index (κ2) is 32.2. The van der Waals surface area contributed by atoms with Gasteiger partial charge in [-0.1, -0.05) is 18.2 Å². The standard InChI is InChI=1S/C27H24N2O7S.C14H18N2O5.C13H10O4S.I2.HI/c1-27(2,3)36-26(32)28-18-10-8-17(9-11-18)23-29-19(24(30)35-23)14-16-7-12-20(21(15-16)33-4)34-25(31)22-6-5-13-37-22;1-14(2,3)21-13(20)16-10-6-4-9(5-7-10)12(19)15-8-11(17)18;1-16-11-7-9(8-14)4-5-10(11)17-13(15)12-3-2-6-18-12;1-2;/h5-15H,1-4H3,(H,28,32);4-7H,8H2,1-3H3,(H,15,19)(H,16,20)(H,17,18);2-8H,1H3;;1H/b19-14+;;;;. The first-order chi connectivity index (χ1) is 37.0. The van der Waals surface area contributed by atoms with Crippen LogP contribution in [0.2, 0.25) is 0 Å². The van der Waals surface area contributed by atoms with Crippen molar-refractivity contribution in [1.82, 2.24) is 5.32 Å². The molecule has 1 aliphatic heterocycles. The summed E-state index contributed by atoms with van der Waals surface area (Å²) < 4.78 is 36.7. The number of nitrogens with one attached hydrogen (secondary N) is 3. The quantitative estimate of drug-likeness (QED) is 0.0197. The number of aldehydes is 1. The summed E-state index contributed by atoms with van der Waals surface area (Å²) >= 11 is 6.82. The second-order valence-corrected chi connectivity index (χ2v) is 19.4. The molecule has 6 aromatic rings. The first-order valence-electron chi connectivity index (χ1n) is 22.7. The number of amides is 3. The van der Waals surface area contributed by atoms with Crippen molar-refractivity contribution in [2.45, 2.75) is 52.7 Å². The summed E-state index contributed by atoms with van der Waals surface area (Å²) in [5.41, 5.74) is 1.79. The van der Waals surface area contributed by atoms with Crippen molar-refractivity contribution in [1.29, 1.82) is 0 Å². The fraction of sp³-hybridized carbons (Fsp3) is 0.204. The number of methoxy groups -OCH3 is 2. The minimum absolute atomic E-state index is 0. The largest absolute Gasteiger partial charge is 0.493 e. The van der Waals surface area contributed by atoms with E-state index in [-0.39, 0.29) is 41.3 Å². The van der Waals surface area contributed by atoms with Gasteiger partial charge in [-0.3, -0.25) is 25.0 Å². The molecule has 0 unspecified atom stereocenters. The third kappa shape index (κ3) is 22.7. The predicted molar refractivity (Wildman–Crippen MR) is 327 cm³/mol. The molecule has 4 aromatic carbocycles. The number of hydrogen-bond acceptors (Lipinski definition) is 18. The second-order valence-electron chi connectivity index (χ2n) is 17.5. The van der Waals surface area contributed by atoms with Crippen LogP contribution in [0.15, 0.2) is 131 Å². The Labute approximate surface area is 502 Å². The van der Waals surface area contributed by atoms with Gasteiger partial charge in [0, 0.05) is 65.3 Å². The molecule has 0 bridgehead atoms. The van der Waals surface area contributed by atoms with Crippen LogP contribution >= 0.6 is 83.9 Å². The number of aliphatic carboxylic acids is 1. The molecule has 0 saturated heterocycles. The lowest BCUT2D eigenvalue weighted by atomic mass is 10.1. The van der Waals surface area contributed by atoms with E-state index >= 15 is 0 Å². The molecule has 0 aliphatic carbocycles. The Hall–Kier alpha value is -6.96. The molecule has 79 heavy (non-hydrogen) atoms. The maximum Gasteiger partial charge on any atom is 0.412 e. The molecule has 0 saturated carbocycles. The molecule has 7 rings (SSSR count). The minimum Gasteiger partial charge on any atom is -0.493 e. The summed E-state index contributed by atoms with van der Waals surface area (Å²) in [5, 5.41) is 19.5. The molecule has 0 spiro atoms. The number of thiophene rings is 2. The van der Waals surface area contributed by atoms with E-state index in [4.69, 9.17) is 38.3 Å². The Balaban J connectivity index is 0.000000332. The monoisotopic (exact) mass is 1460 g/mol. The van der Waals surface area contributed by atoms with E-state index in [1.807, 2.05) is 0 Å². The number of halogens is 3. The molecule has 418 valence electrons. The number of carboxylic acids is 1. The van der Waals surface area contributed by atoms with Crippen LogP contribution in [-0.4, -0.2) is 91.2 Å². The molecule has 2 aromatic heterocycles. The lowest BCUT2D eigenvalue weighted by Gasteiger charge is -2.19. The van der Waals surface area contributed by atoms with Gasteiger partial charge in [-0.15, -0.1) is 46.7 Å². The van der Waals surface area contributed by atoms with Gasteiger partial charge in [-0.2, -0.15) is 0 Å². The smallest absolute Gasteiger partial charge is 0.412 e. The zero-order chi connectivity index (χ0) is 57.6. The van der Waals surface area contributed by atoms with E-state index in [1.54, 1.807) is 131 Å². The molecular weight excluding hydrogens is 1410 g/mol. The number of anilines is 2. The Morgan fingerprint density at radius 3 is 1.53 bits per heavy atom. The van der Waals surface area contributed by atoms with Gasteiger partial charge < -0.3 is 43.6 Å². The summed E-state index contributed by atoms with van der Waals surface area (Å²) in [7, 11) is 2.91. The number of esters is 3. The summed E-state index contributed by atoms with van der Waals surface area (Å²) in [5.74, 6) is -1.81. The van der Waals surface area contributed by atoms with Gasteiger partial charge in [0.25, 0.3) is 5.91 Å². The van der Waals surface area contributed by atoms with Crippen LogP contribution in [0.25, 0.3) is 6.08 Å². The normalized spacial score (nSPS) is 11.7. The Bertz CT molecular complexity index is 3120. The molecule has 25 heteroatoms. The van der Waals surface area contributed by atoms with Gasteiger partial charge in [0.2, 0.25) is 5.90 Å². The van der Waals surface area contributed by atoms with Gasteiger partial charge in [0.1, 0.15) is 33.8 Å². The van der Waals surface area contributed by atoms with E-state index in [9.17, 15) is 38.4 Å². The van der Waals surface area contributed by atoms with Crippen LogP contribution in [0.4, 0.5) is 21.0 Å². The molecule has 0 atom stereocenters. The molecule has 1 aliphatic rings. The number of aliphatic imine (C=N–C) groups is 1. The van der Waals surface area contributed by atoms with Crippen molar-refractivity contribution in [3.05, 3.63) is 158 Å². The van der Waals surface area contributed by atoms with Crippen molar-refractivity contribution in [3.8, 4) is 23.0 Å². The van der Waals surface area contributed by atoms with Gasteiger partial charge in [-0.05, 0) is 155 Å². The number of nitrogens with zero attached hydrogens (tertiary/aromatic N) is 1. The summed E-state index contributed by atoms with van der Waals surface area (Å²) in [6.45, 7) is 10.1. The highest BCUT2D eigenvalue weighted by atomic mass is 128. The molecule has 4 N–H and O–H groups in total. The van der Waals surface area contributed by atoms with Crippen LogP contribution < -0.4 is 34.9 Å². The molecule has 0 radical (unpaired) electrons. The van der Waals surface area contributed by atoms with Crippen molar-refractivity contribution in [2.24, 2.45) is 4.99 Å². The number of ether oxygens (including phenoxy) is 7. The summed E-state index contributed by atoms with van der Waals surface area (Å²) in [6, 6.07) is 29.0. The Morgan fingerprint density at radius 2 is 1.11 bits per heavy atom. The van der Waals surface area contributed by atoms with E-state index in [0.717, 1.165) is 0 Å². The van der Waals surface area contributed by atoms with Crippen molar-refractivity contribution in [3.63, 3.8) is 0 Å². The first-order valence-corrected chi connectivity index (χ1v) is 30.8. The van der Waals surface area contributed by atoms with E-state index < -0.39 is 59.7 Å². The molecule has 20 nitrogen and oxygen atoms in total. The fourth-order valence-electron chi connectivity index (χ4n) is 5.98. The first kappa shape index (κ1) is 66.3. The number of benzene rings is 4. The molecule has 3 heterocycles. The highest BCUT2D eigenvalue weighted by Gasteiger charge is 2.25. The van der Waals surface area contributed by atoms with Gasteiger partial charge in [0.05, 0.1) is 14.2 Å². The maximum atomic E-state index is 12.4. The van der Waals surface area contributed by atoms with Gasteiger partial charge in [0.15, 0.2) is 28.7 Å². The number of carboxylic acid groups (broad SMARTS) is 1. The number of carbonyl (C=O) groups is 8. The number of rotatable bonds is 14. The third-order valence-corrected chi connectivity index (χ3v) is 11.0. The third-order valence-electron chi connectivity index (χ3n) is 9.26. The lowest BCUT2D eigenvalue weighted by molar-refractivity contribution is -0.136. The van der Waals surface area contributed by atoms with E-state index in [0.29, 0.717) is 66.9 Å². The molecule has 3 amide bonds. The molecular formula is C54H53I3N4O16S2. The highest BCUT2D eigenvalue weighted by molar-refractivity contribution is 15.0. The van der Waals surface area contributed by atoms with Crippen molar-refractivity contribution in [2.75, 3.05) is 31.4 Å². The average molecular weight is 1460 g/mol. The van der Waals surface area contributed by atoms with Crippen LogP contribution in [0.5, 0.6) is 23.0 Å². The van der Waals surface area contributed by atoms with Crippen LogP contribution in [0, 0.1) is 0 Å². The number of carbonyl (C=O) groups excluding carboxylic acids is 7. The number of hydrogen-bond donors (Lipinski definition) is 4. The zero-order valence-electron chi connectivity index (χ0n) is 43.4.